The standard InChI is InChI=1S/C29H68N8/c30-16-6-1-9-21-35(22-10-2-7-17-31)24-12-4-13-25-36(23-11-3-8-18-32)26-14-5-15-27-37(28-19-33)29-20-34/h1-34H2. The molecule has 0 atom stereocenters. The zero-order valence-electron chi connectivity index (χ0n) is 24.7. The molecule has 0 unspecified atom stereocenters. The van der Waals surface area contributed by atoms with E-state index in [2.05, 4.69) is 14.7 Å². The maximum absolute atomic E-state index is 5.74. The highest BCUT2D eigenvalue weighted by atomic mass is 15.1. The van der Waals surface area contributed by atoms with Gasteiger partial charge in [-0.15, -0.1) is 0 Å². The van der Waals surface area contributed by atoms with Crippen molar-refractivity contribution in [2.45, 2.75) is 96.3 Å². The van der Waals surface area contributed by atoms with Crippen LogP contribution in [-0.4, -0.2) is 106 Å². The number of hydrogen-bond acceptors (Lipinski definition) is 8. The van der Waals surface area contributed by atoms with Crippen molar-refractivity contribution < 1.29 is 0 Å². The highest BCUT2D eigenvalue weighted by Gasteiger charge is 2.08. The first-order chi connectivity index (χ1) is 18.2. The fourth-order valence-electron chi connectivity index (χ4n) is 5.04. The first kappa shape index (κ1) is 36.7. The van der Waals surface area contributed by atoms with Gasteiger partial charge in [-0.25, -0.2) is 0 Å². The third-order valence-corrected chi connectivity index (χ3v) is 7.32. The van der Waals surface area contributed by atoms with Crippen LogP contribution < -0.4 is 28.7 Å². The summed E-state index contributed by atoms with van der Waals surface area (Å²) in [6, 6.07) is 0. The van der Waals surface area contributed by atoms with E-state index in [1.54, 1.807) is 0 Å². The van der Waals surface area contributed by atoms with Crippen LogP contribution in [-0.2, 0) is 0 Å². The van der Waals surface area contributed by atoms with E-state index in [1.165, 1.54) is 116 Å². The van der Waals surface area contributed by atoms with Crippen molar-refractivity contribution >= 4 is 0 Å². The van der Waals surface area contributed by atoms with Gasteiger partial charge in [-0.3, -0.25) is 0 Å². The molecule has 0 fully saturated rings. The van der Waals surface area contributed by atoms with E-state index < -0.39 is 0 Å². The van der Waals surface area contributed by atoms with Gasteiger partial charge in [0.2, 0.25) is 0 Å². The van der Waals surface area contributed by atoms with Gasteiger partial charge in [-0.1, -0.05) is 32.1 Å². The van der Waals surface area contributed by atoms with Crippen LogP contribution in [0.2, 0.25) is 0 Å². The second-order valence-corrected chi connectivity index (χ2v) is 10.8. The minimum atomic E-state index is 0.719. The molecule has 0 aliphatic rings. The van der Waals surface area contributed by atoms with E-state index in [-0.39, 0.29) is 0 Å². The van der Waals surface area contributed by atoms with E-state index in [0.717, 1.165) is 71.6 Å². The summed E-state index contributed by atoms with van der Waals surface area (Å²) >= 11 is 0. The summed E-state index contributed by atoms with van der Waals surface area (Å²) in [4.78, 5) is 7.81. The van der Waals surface area contributed by atoms with Crippen LogP contribution in [0.15, 0.2) is 0 Å². The predicted molar refractivity (Wildman–Crippen MR) is 164 cm³/mol. The number of unbranched alkanes of at least 4 members (excludes halogenated alkanes) is 10. The molecule has 0 spiro atoms. The number of nitrogens with zero attached hydrogens (tertiary/aromatic N) is 3. The molecule has 10 N–H and O–H groups in total. The summed E-state index contributed by atoms with van der Waals surface area (Å²) < 4.78 is 0. The predicted octanol–water partition coefficient (Wildman–Crippen LogP) is 2.54. The Kier molecular flexibility index (Phi) is 30.0. The van der Waals surface area contributed by atoms with Gasteiger partial charge in [0.25, 0.3) is 0 Å². The number of hydrogen-bond donors (Lipinski definition) is 5. The molecule has 8 heteroatoms. The van der Waals surface area contributed by atoms with Gasteiger partial charge in [0.05, 0.1) is 0 Å². The third-order valence-electron chi connectivity index (χ3n) is 7.32. The van der Waals surface area contributed by atoms with Crippen LogP contribution in [0.5, 0.6) is 0 Å². The fraction of sp³-hybridized carbons (Fsp3) is 1.00. The molecule has 0 saturated carbocycles. The molecule has 0 aromatic heterocycles. The molecule has 0 aliphatic heterocycles. The van der Waals surface area contributed by atoms with Gasteiger partial charge in [0, 0.05) is 26.2 Å². The Bertz CT molecular complexity index is 409. The number of nitrogens with two attached hydrogens (primary N) is 5. The Balaban J connectivity index is 4.28. The first-order valence-corrected chi connectivity index (χ1v) is 15.9. The SMILES string of the molecule is NCCCCCN(CCCCCN)CCCCCN(CCCCCN)CCCCCN(CCN)CCN. The Labute approximate surface area is 231 Å². The van der Waals surface area contributed by atoms with Gasteiger partial charge in [0.1, 0.15) is 0 Å². The molecule has 0 aromatic rings. The van der Waals surface area contributed by atoms with E-state index >= 15 is 0 Å². The molecule has 224 valence electrons. The lowest BCUT2D eigenvalue weighted by Crippen LogP contribution is -2.34. The van der Waals surface area contributed by atoms with Crippen LogP contribution in [0.1, 0.15) is 96.3 Å². The minimum Gasteiger partial charge on any atom is -0.330 e. The maximum Gasteiger partial charge on any atom is 0.0105 e. The smallest absolute Gasteiger partial charge is 0.0105 e. The van der Waals surface area contributed by atoms with Gasteiger partial charge >= 0.3 is 0 Å². The summed E-state index contributed by atoms with van der Waals surface area (Å²) in [5.41, 5.74) is 28.5. The Morgan fingerprint density at radius 2 is 0.432 bits per heavy atom. The van der Waals surface area contributed by atoms with Crippen molar-refractivity contribution in [2.75, 3.05) is 91.6 Å². The fourth-order valence-corrected chi connectivity index (χ4v) is 5.04. The summed E-state index contributed by atoms with van der Waals surface area (Å²) in [6.45, 7) is 14.3. The summed E-state index contributed by atoms with van der Waals surface area (Å²) in [5, 5.41) is 0. The summed E-state index contributed by atoms with van der Waals surface area (Å²) in [7, 11) is 0. The third kappa shape index (κ3) is 25.7. The molecule has 0 aromatic carbocycles. The molecule has 8 nitrogen and oxygen atoms in total. The maximum atomic E-state index is 5.74. The molecule has 0 heterocycles. The molecule has 0 radical (unpaired) electrons. The van der Waals surface area contributed by atoms with E-state index in [9.17, 15) is 0 Å². The second-order valence-electron chi connectivity index (χ2n) is 10.8. The monoisotopic (exact) mass is 529 g/mol. The molecule has 0 bridgehead atoms. The largest absolute Gasteiger partial charge is 0.330 e. The lowest BCUT2D eigenvalue weighted by atomic mass is 10.1. The van der Waals surface area contributed by atoms with Crippen LogP contribution in [0.3, 0.4) is 0 Å². The summed E-state index contributed by atoms with van der Waals surface area (Å²) in [6.07, 6.45) is 18.8. The molecular formula is C29H68N8. The average Bonchev–Trinajstić information content (AvgIpc) is 2.90. The molecule has 0 saturated heterocycles. The highest BCUT2D eigenvalue weighted by molar-refractivity contribution is 4.64. The zero-order chi connectivity index (χ0) is 27.2. The molecule has 0 aliphatic carbocycles. The van der Waals surface area contributed by atoms with E-state index in [1.807, 2.05) is 0 Å². The quantitative estimate of drug-likeness (QED) is 0.0865. The van der Waals surface area contributed by atoms with Crippen LogP contribution in [0.4, 0.5) is 0 Å². The van der Waals surface area contributed by atoms with E-state index in [4.69, 9.17) is 28.7 Å². The lowest BCUT2D eigenvalue weighted by molar-refractivity contribution is 0.236. The van der Waals surface area contributed by atoms with Gasteiger partial charge in [-0.2, -0.15) is 0 Å². The van der Waals surface area contributed by atoms with Crippen LogP contribution >= 0.6 is 0 Å². The Hall–Kier alpha value is -0.320. The van der Waals surface area contributed by atoms with E-state index in [0.29, 0.717) is 0 Å². The number of rotatable bonds is 31. The minimum absolute atomic E-state index is 0.719. The molecule has 0 amide bonds. The van der Waals surface area contributed by atoms with Crippen molar-refractivity contribution in [3.05, 3.63) is 0 Å². The van der Waals surface area contributed by atoms with Crippen LogP contribution in [0.25, 0.3) is 0 Å². The molecule has 0 rings (SSSR count). The van der Waals surface area contributed by atoms with Gasteiger partial charge in [-0.05, 0) is 130 Å². The van der Waals surface area contributed by atoms with Crippen molar-refractivity contribution in [3.8, 4) is 0 Å². The van der Waals surface area contributed by atoms with Crippen molar-refractivity contribution in [1.82, 2.24) is 14.7 Å². The molecular weight excluding hydrogens is 460 g/mol. The first-order valence-electron chi connectivity index (χ1n) is 15.9. The lowest BCUT2D eigenvalue weighted by Gasteiger charge is -2.24. The second kappa shape index (κ2) is 30.2. The highest BCUT2D eigenvalue weighted by Crippen LogP contribution is 2.09. The van der Waals surface area contributed by atoms with Crippen molar-refractivity contribution in [3.63, 3.8) is 0 Å². The van der Waals surface area contributed by atoms with Gasteiger partial charge < -0.3 is 43.4 Å². The molecule has 37 heavy (non-hydrogen) atoms. The topological polar surface area (TPSA) is 140 Å². The van der Waals surface area contributed by atoms with Crippen LogP contribution in [0, 0.1) is 0 Å². The Morgan fingerprint density at radius 1 is 0.216 bits per heavy atom. The zero-order valence-corrected chi connectivity index (χ0v) is 24.7. The normalized spacial score (nSPS) is 12.0. The Morgan fingerprint density at radius 3 is 0.649 bits per heavy atom. The van der Waals surface area contributed by atoms with Crippen molar-refractivity contribution in [1.29, 1.82) is 0 Å². The summed E-state index contributed by atoms with van der Waals surface area (Å²) in [5.74, 6) is 0. The average molecular weight is 529 g/mol. The van der Waals surface area contributed by atoms with Gasteiger partial charge in [0.15, 0.2) is 0 Å². The van der Waals surface area contributed by atoms with Crippen molar-refractivity contribution in [2.24, 2.45) is 28.7 Å².